The second-order valence-electron chi connectivity index (χ2n) is 8.84. The molecule has 3 aromatic rings. The van der Waals surface area contributed by atoms with Crippen LogP contribution in [-0.2, 0) is 21.4 Å². The van der Waals surface area contributed by atoms with E-state index < -0.39 is 5.41 Å². The molecule has 31 heavy (non-hydrogen) atoms. The zero-order valence-corrected chi connectivity index (χ0v) is 18.6. The number of para-hydroxylation sites is 1. The van der Waals surface area contributed by atoms with Crippen molar-refractivity contribution in [3.8, 4) is 0 Å². The van der Waals surface area contributed by atoms with Crippen LogP contribution in [-0.4, -0.2) is 52.8 Å². The highest BCUT2D eigenvalue weighted by molar-refractivity contribution is 7.18. The second-order valence-corrected chi connectivity index (χ2v) is 9.96. The average Bonchev–Trinajstić information content (AvgIpc) is 3.58. The van der Waals surface area contributed by atoms with Gasteiger partial charge in [0.05, 0.1) is 20.6 Å². The van der Waals surface area contributed by atoms with Gasteiger partial charge in [-0.1, -0.05) is 42.5 Å². The van der Waals surface area contributed by atoms with Gasteiger partial charge in [-0.2, -0.15) is 0 Å². The molecule has 160 valence electrons. The summed E-state index contributed by atoms with van der Waals surface area (Å²) in [6, 6.07) is 18.2. The topological polar surface area (TPSA) is 53.5 Å². The molecule has 0 bridgehead atoms. The largest absolute Gasteiger partial charge is 0.339 e. The number of carbonyl (C=O) groups excluding carboxylic acids is 2. The molecule has 2 amide bonds. The molecule has 1 aromatic heterocycles. The van der Waals surface area contributed by atoms with Gasteiger partial charge in [-0.15, -0.1) is 11.3 Å². The van der Waals surface area contributed by atoms with Gasteiger partial charge in [-0.3, -0.25) is 9.59 Å². The molecular weight excluding hydrogens is 406 g/mol. The van der Waals surface area contributed by atoms with Crippen LogP contribution in [0.5, 0.6) is 0 Å². The molecule has 1 atom stereocenters. The molecule has 6 heteroatoms. The number of hydrogen-bond donors (Lipinski definition) is 0. The Bertz CT molecular complexity index is 1070. The number of hydrogen-bond acceptors (Lipinski definition) is 4. The number of carbonyl (C=O) groups is 2. The summed E-state index contributed by atoms with van der Waals surface area (Å²) in [6.07, 6.45) is 2.61. The number of aromatic nitrogens is 1. The molecule has 2 aromatic carbocycles. The molecule has 1 saturated carbocycles. The van der Waals surface area contributed by atoms with E-state index in [0.717, 1.165) is 33.6 Å². The van der Waals surface area contributed by atoms with Gasteiger partial charge in [0.2, 0.25) is 11.8 Å². The van der Waals surface area contributed by atoms with Crippen LogP contribution in [0.2, 0.25) is 0 Å². The van der Waals surface area contributed by atoms with E-state index >= 15 is 0 Å². The molecule has 0 radical (unpaired) electrons. The molecule has 1 saturated heterocycles. The number of piperazine rings is 1. The Balaban J connectivity index is 1.39. The quantitative estimate of drug-likeness (QED) is 0.614. The molecule has 1 aliphatic heterocycles. The van der Waals surface area contributed by atoms with Crippen molar-refractivity contribution in [3.05, 3.63) is 65.2 Å². The van der Waals surface area contributed by atoms with Crippen molar-refractivity contribution in [3.63, 3.8) is 0 Å². The van der Waals surface area contributed by atoms with Gasteiger partial charge in [-0.25, -0.2) is 4.98 Å². The van der Waals surface area contributed by atoms with Crippen LogP contribution in [0, 0.1) is 5.92 Å². The fraction of sp³-hybridized carbons (Fsp3) is 0.400. The normalized spacial score (nSPS) is 18.7. The minimum atomic E-state index is -0.697. The smallest absolute Gasteiger partial charge is 0.233 e. The SMILES string of the molecule is C[C@](Cc1nc2ccccc2s1)(C(=O)N1CCN(C(=O)C2CC2)CC1)c1ccccc1. The highest BCUT2D eigenvalue weighted by Crippen LogP contribution is 2.35. The first kappa shape index (κ1) is 20.2. The van der Waals surface area contributed by atoms with Gasteiger partial charge in [0, 0.05) is 38.5 Å². The van der Waals surface area contributed by atoms with Crippen LogP contribution in [0.3, 0.4) is 0 Å². The number of fused-ring (bicyclic) bond motifs is 1. The summed E-state index contributed by atoms with van der Waals surface area (Å²) in [5.74, 6) is 0.625. The molecule has 1 aliphatic carbocycles. The Hall–Kier alpha value is -2.73. The lowest BCUT2D eigenvalue weighted by atomic mass is 9.78. The van der Waals surface area contributed by atoms with Gasteiger partial charge >= 0.3 is 0 Å². The summed E-state index contributed by atoms with van der Waals surface area (Å²) < 4.78 is 1.15. The maximum absolute atomic E-state index is 13.9. The number of benzene rings is 2. The van der Waals surface area contributed by atoms with E-state index in [-0.39, 0.29) is 17.7 Å². The third-order valence-electron chi connectivity index (χ3n) is 6.53. The average molecular weight is 434 g/mol. The molecule has 0 unspecified atom stereocenters. The van der Waals surface area contributed by atoms with E-state index in [1.54, 1.807) is 11.3 Å². The standard InChI is InChI=1S/C25H27N3O2S/c1-25(19-7-3-2-4-8-19,17-22-26-20-9-5-6-10-21(20)31-22)24(30)28-15-13-27(14-16-28)23(29)18-11-12-18/h2-10,18H,11-17H2,1H3/t25-/m1/s1. The van der Waals surface area contributed by atoms with Crippen molar-refractivity contribution in [1.29, 1.82) is 0 Å². The van der Waals surface area contributed by atoms with E-state index in [2.05, 4.69) is 6.07 Å². The van der Waals surface area contributed by atoms with Crippen LogP contribution >= 0.6 is 11.3 Å². The number of amides is 2. The number of rotatable bonds is 5. The summed E-state index contributed by atoms with van der Waals surface area (Å²) in [7, 11) is 0. The van der Waals surface area contributed by atoms with Crippen LogP contribution in [0.4, 0.5) is 0 Å². The molecule has 2 fully saturated rings. The first-order chi connectivity index (χ1) is 15.0. The van der Waals surface area contributed by atoms with E-state index in [1.165, 1.54) is 0 Å². The van der Waals surface area contributed by atoms with Crippen molar-refractivity contribution >= 4 is 33.4 Å². The molecule has 2 heterocycles. The zero-order valence-electron chi connectivity index (χ0n) is 17.8. The first-order valence-electron chi connectivity index (χ1n) is 11.0. The van der Waals surface area contributed by atoms with Gasteiger partial charge in [0.15, 0.2) is 0 Å². The van der Waals surface area contributed by atoms with Crippen molar-refractivity contribution < 1.29 is 9.59 Å². The van der Waals surface area contributed by atoms with Gasteiger partial charge < -0.3 is 9.80 Å². The fourth-order valence-corrected chi connectivity index (χ4v) is 5.60. The zero-order chi connectivity index (χ0) is 21.4. The Kier molecular flexibility index (Phi) is 5.26. The minimum absolute atomic E-state index is 0.122. The van der Waals surface area contributed by atoms with Gasteiger partial charge in [-0.05, 0) is 37.5 Å². The van der Waals surface area contributed by atoms with Crippen LogP contribution < -0.4 is 0 Å². The fourth-order valence-electron chi connectivity index (χ4n) is 4.47. The summed E-state index contributed by atoms with van der Waals surface area (Å²) in [6.45, 7) is 4.50. The van der Waals surface area contributed by atoms with Gasteiger partial charge in [0.25, 0.3) is 0 Å². The van der Waals surface area contributed by atoms with E-state index in [4.69, 9.17) is 4.98 Å². The summed E-state index contributed by atoms with van der Waals surface area (Å²) in [4.78, 5) is 34.9. The molecule has 0 spiro atoms. The second kappa shape index (κ2) is 8.08. The number of nitrogens with zero attached hydrogens (tertiary/aromatic N) is 3. The maximum atomic E-state index is 13.9. The highest BCUT2D eigenvalue weighted by Gasteiger charge is 2.41. The van der Waals surface area contributed by atoms with E-state index in [0.29, 0.717) is 32.6 Å². The Labute approximate surface area is 186 Å². The lowest BCUT2D eigenvalue weighted by Crippen LogP contribution is -2.55. The van der Waals surface area contributed by atoms with E-state index in [9.17, 15) is 9.59 Å². The predicted molar refractivity (Wildman–Crippen MR) is 123 cm³/mol. The first-order valence-corrected chi connectivity index (χ1v) is 11.8. The van der Waals surface area contributed by atoms with E-state index in [1.807, 2.05) is 65.3 Å². The monoisotopic (exact) mass is 433 g/mol. The third kappa shape index (κ3) is 3.97. The summed E-state index contributed by atoms with van der Waals surface area (Å²) in [5.41, 5.74) is 1.30. The van der Waals surface area contributed by atoms with Crippen molar-refractivity contribution in [2.45, 2.75) is 31.6 Å². The molecule has 5 nitrogen and oxygen atoms in total. The Morgan fingerprint density at radius 2 is 1.61 bits per heavy atom. The Morgan fingerprint density at radius 1 is 0.968 bits per heavy atom. The van der Waals surface area contributed by atoms with Crippen molar-refractivity contribution in [1.82, 2.24) is 14.8 Å². The van der Waals surface area contributed by atoms with Crippen molar-refractivity contribution in [2.24, 2.45) is 5.92 Å². The summed E-state index contributed by atoms with van der Waals surface area (Å²) >= 11 is 1.66. The summed E-state index contributed by atoms with van der Waals surface area (Å²) in [5, 5.41) is 0.975. The molecule has 2 aliphatic rings. The van der Waals surface area contributed by atoms with Crippen LogP contribution in [0.15, 0.2) is 54.6 Å². The van der Waals surface area contributed by atoms with Crippen LogP contribution in [0.1, 0.15) is 30.3 Å². The lowest BCUT2D eigenvalue weighted by molar-refractivity contribution is -0.143. The molecular formula is C25H27N3O2S. The lowest BCUT2D eigenvalue weighted by Gasteiger charge is -2.40. The minimum Gasteiger partial charge on any atom is -0.339 e. The highest BCUT2D eigenvalue weighted by atomic mass is 32.1. The number of thiazole rings is 1. The third-order valence-corrected chi connectivity index (χ3v) is 7.57. The van der Waals surface area contributed by atoms with Crippen molar-refractivity contribution in [2.75, 3.05) is 26.2 Å². The molecule has 0 N–H and O–H groups in total. The maximum Gasteiger partial charge on any atom is 0.233 e. The van der Waals surface area contributed by atoms with Crippen LogP contribution in [0.25, 0.3) is 10.2 Å². The predicted octanol–water partition coefficient (Wildman–Crippen LogP) is 3.88. The molecule has 5 rings (SSSR count). The Morgan fingerprint density at radius 3 is 2.29 bits per heavy atom. The van der Waals surface area contributed by atoms with Gasteiger partial charge in [0.1, 0.15) is 0 Å².